The number of hydrogen-bond donors (Lipinski definition) is 10. The maximum Gasteiger partial charge on any atom is 0.330 e. The minimum absolute atomic E-state index is 0.0282. The van der Waals surface area contributed by atoms with Crippen LogP contribution in [0.3, 0.4) is 0 Å². The van der Waals surface area contributed by atoms with Crippen LogP contribution in [-0.2, 0) is 49.2 Å². The summed E-state index contributed by atoms with van der Waals surface area (Å²) in [7, 11) is -2.71. The van der Waals surface area contributed by atoms with E-state index >= 15 is 4.79 Å². The van der Waals surface area contributed by atoms with E-state index in [0.717, 1.165) is 68.1 Å². The van der Waals surface area contributed by atoms with E-state index in [-0.39, 0.29) is 94.7 Å². The molecule has 0 bridgehead atoms. The van der Waals surface area contributed by atoms with Crippen LogP contribution in [0.1, 0.15) is 184 Å². The molecule has 10 heterocycles. The number of pyridine rings is 2. The zero-order chi connectivity index (χ0) is 94.3. The van der Waals surface area contributed by atoms with Gasteiger partial charge in [0.2, 0.25) is 23.6 Å². The number of carboxylic acids is 2. The molecule has 4 aromatic heterocycles. The van der Waals surface area contributed by atoms with Crippen LogP contribution in [0.15, 0.2) is 83.6 Å². The molecule has 9 aliphatic rings. The predicted octanol–water partition coefficient (Wildman–Crippen LogP) is 10.5. The number of amides is 8. The Kier molecular flexibility index (Phi) is 31.3. The van der Waals surface area contributed by atoms with Crippen molar-refractivity contribution >= 4 is 123 Å². The molecular formula is C92H128N18O18S4. The molecule has 718 valence electrons. The fraction of sp³-hybridized carbons (Fsp3) is 0.609. The molecule has 8 amide bonds. The maximum absolute atomic E-state index is 15.1. The van der Waals surface area contributed by atoms with Crippen LogP contribution in [0.4, 0.5) is 19.9 Å². The third-order valence-electron chi connectivity index (χ3n) is 26.6. The quantitative estimate of drug-likeness (QED) is 0.0238. The van der Waals surface area contributed by atoms with Crippen LogP contribution in [0, 0.1) is 23.7 Å². The zero-order valence-electron chi connectivity index (χ0n) is 77.1. The minimum atomic E-state index is -3.72. The third-order valence-corrected chi connectivity index (χ3v) is 32.3. The van der Waals surface area contributed by atoms with E-state index in [1.807, 2.05) is 103 Å². The van der Waals surface area contributed by atoms with E-state index in [1.54, 1.807) is 57.7 Å². The molecule has 3 aliphatic carbocycles. The number of carboxylic acid groups (broad SMARTS) is 2. The number of methoxy groups -OCH3 is 2. The van der Waals surface area contributed by atoms with Gasteiger partial charge in [-0.3, -0.25) is 19.2 Å². The van der Waals surface area contributed by atoms with Gasteiger partial charge in [0.05, 0.1) is 49.7 Å². The molecule has 2 aromatic carbocycles. The molecule has 6 aliphatic heterocycles. The van der Waals surface area contributed by atoms with Gasteiger partial charge in [0.1, 0.15) is 81.8 Å². The lowest BCUT2D eigenvalue weighted by molar-refractivity contribution is -0.146. The fourth-order valence-electron chi connectivity index (χ4n) is 19.0. The lowest BCUT2D eigenvalue weighted by Gasteiger charge is -2.38. The molecular weight excluding hydrogens is 1770 g/mol. The smallest absolute Gasteiger partial charge is 0.330 e. The zero-order valence-corrected chi connectivity index (χ0v) is 80.3. The van der Waals surface area contributed by atoms with Crippen LogP contribution in [0.25, 0.3) is 44.6 Å². The van der Waals surface area contributed by atoms with Gasteiger partial charge in [-0.1, -0.05) is 83.1 Å². The van der Waals surface area contributed by atoms with E-state index in [1.165, 1.54) is 49.7 Å². The van der Waals surface area contributed by atoms with Crippen LogP contribution >= 0.6 is 22.7 Å². The first-order valence-corrected chi connectivity index (χ1v) is 51.0. The number of benzene rings is 2. The number of anilines is 2. The lowest BCUT2D eigenvalue weighted by Crippen LogP contribution is -2.59. The van der Waals surface area contributed by atoms with Crippen LogP contribution in [0.5, 0.6) is 23.0 Å². The second-order valence-corrected chi connectivity index (χ2v) is 43.1. The number of carbonyl (C=O) groups is 8. The summed E-state index contributed by atoms with van der Waals surface area (Å²) in [4.78, 5) is 135. The number of carbonyl (C=O) groups excluding carboxylic acids is 6. The van der Waals surface area contributed by atoms with Crippen molar-refractivity contribution in [3.8, 4) is 45.8 Å². The van der Waals surface area contributed by atoms with Crippen molar-refractivity contribution in [2.45, 2.75) is 261 Å². The molecule has 15 rings (SSSR count). The van der Waals surface area contributed by atoms with Crippen molar-refractivity contribution in [2.75, 3.05) is 84.3 Å². The monoisotopic (exact) mass is 1900 g/mol. The molecule has 0 radical (unpaired) electrons. The van der Waals surface area contributed by atoms with Gasteiger partial charge in [0, 0.05) is 147 Å². The van der Waals surface area contributed by atoms with Crippen molar-refractivity contribution < 1.29 is 84.4 Å². The Balaban J connectivity index is 0.000000212. The average Bonchev–Trinajstić information content (AvgIpc) is 1.58. The van der Waals surface area contributed by atoms with E-state index in [2.05, 4.69) is 42.5 Å². The van der Waals surface area contributed by atoms with Gasteiger partial charge in [-0.05, 0) is 148 Å². The van der Waals surface area contributed by atoms with E-state index < -0.39 is 139 Å². The number of fused-ring (bicyclic) bond motifs is 6. The van der Waals surface area contributed by atoms with Gasteiger partial charge in [-0.15, -0.1) is 22.7 Å². The average molecular weight is 1900 g/mol. The largest absolute Gasteiger partial charge is 0.497 e. The highest BCUT2D eigenvalue weighted by molar-refractivity contribution is 7.87. The molecule has 40 heteroatoms. The van der Waals surface area contributed by atoms with E-state index in [0.29, 0.717) is 126 Å². The van der Waals surface area contributed by atoms with Crippen LogP contribution in [-0.4, -0.2) is 273 Å². The van der Waals surface area contributed by atoms with Gasteiger partial charge in [-0.2, -0.15) is 34.1 Å². The summed E-state index contributed by atoms with van der Waals surface area (Å²) in [5, 5.41) is 51.7. The standard InChI is InChI=1S/C47H65N9O9S2.C45H63N9O9S2/c1-29(2)48-46-52-39(28-66-46)37-24-41(34-19-18-32(64-4)22-36(34)49-37)65-33-23-40-42(57)53-47(44(59)60)25-31(47)16-11-6-5-7-12-17-35(43(58)56(40)26-33)50-45(61)51-38(30-14-9-8-10-15-30)27-55-21-13-20-54(3)67(55,62)63;1-26(2)36(24-52-17-18-54(28(5)6)65(52,60)61)49-43(59)48-33-14-12-10-8-9-11-13-29-22-45(29,42(57)58)51-40(55)38-20-31(23-53(38)41(33)56)63-39-21-35(37-25-64-44(50-37)46-27(3)4)47-34-19-30(62-7)15-16-32(34)39/h11,16,18-19,22,24,28-31,33,35,38,40H,5-10,12-15,17,20-21,23,25-27H2,1-4H3,(H,48,52)(H,53,57)(H,59,60)(H2,50,51,61);11,13,15-16,19,21,25-29,31,33,36,38H,8-10,12,14,17-18,20,22-24H2,1-7H3,(H,46,50)(H,51,55)(H,57,58)(H2,48,49,59)/b16-11-;13-11-/t31?,33-,35+,38-,40+,47-;29?,31-,33+,36-,38+,45-/m11/s1. The number of allylic oxidation sites excluding steroid dienone is 2. The van der Waals surface area contributed by atoms with Gasteiger partial charge in [0.25, 0.3) is 20.4 Å². The molecule has 6 aromatic rings. The Hall–Kier alpha value is -10.1. The number of nitrogens with one attached hydrogen (secondary N) is 8. The number of rotatable bonds is 25. The molecule has 3 saturated carbocycles. The van der Waals surface area contributed by atoms with Crippen LogP contribution in [0.2, 0.25) is 0 Å². The summed E-state index contributed by atoms with van der Waals surface area (Å²) in [6.45, 7) is 17.1. The van der Waals surface area contributed by atoms with Gasteiger partial charge >= 0.3 is 24.0 Å². The predicted molar refractivity (Wildman–Crippen MR) is 503 cm³/mol. The summed E-state index contributed by atoms with van der Waals surface area (Å²) in [5.41, 5.74) is 0.501. The highest BCUT2D eigenvalue weighted by Gasteiger charge is 2.63. The number of thiazole rings is 2. The van der Waals surface area contributed by atoms with E-state index in [9.17, 15) is 60.6 Å². The Bertz CT molecular complexity index is 5500. The molecule has 0 spiro atoms. The number of hydrogen-bond acceptors (Lipinski definition) is 24. The van der Waals surface area contributed by atoms with E-state index in [4.69, 9.17) is 38.9 Å². The highest BCUT2D eigenvalue weighted by atomic mass is 32.2. The van der Waals surface area contributed by atoms with Crippen molar-refractivity contribution in [1.29, 1.82) is 0 Å². The molecule has 2 unspecified atom stereocenters. The first-order chi connectivity index (χ1) is 63.0. The van der Waals surface area contributed by atoms with Gasteiger partial charge in [0.15, 0.2) is 10.3 Å². The summed E-state index contributed by atoms with van der Waals surface area (Å²) in [6.07, 6.45) is 18.3. The number of aromatic nitrogens is 4. The number of nitrogens with zero attached hydrogens (tertiary/aromatic N) is 10. The summed E-state index contributed by atoms with van der Waals surface area (Å²) in [6, 6.07) is 7.92. The second-order valence-electron chi connectivity index (χ2n) is 37.5. The van der Waals surface area contributed by atoms with Gasteiger partial charge in [-0.25, -0.2) is 39.1 Å². The second kappa shape index (κ2) is 42.2. The summed E-state index contributed by atoms with van der Waals surface area (Å²) in [5.74, 6) is -3.35. The first-order valence-electron chi connectivity index (χ1n) is 46.5. The lowest BCUT2D eigenvalue weighted by atomic mass is 9.84. The summed E-state index contributed by atoms with van der Waals surface area (Å²) >= 11 is 2.90. The SMILES string of the molecule is COc1ccc2c(O[C@@H]3C[C@H]4C(=O)N[C@]5(C(=O)O)CC5/C=C\CCCCC[C@H](NC(=O)N[C@H](CN5CCCN(C)S5(=O)=O)C5CCCCC5)C(=O)N4C3)cc(-c3csc(NC(C)C)n3)nc2c1.COc1ccc2c(O[C@@H]3C[C@H]4C(=O)N[C@]5(C(=O)O)CC5/C=C\CCCCC[C@H](NC(=O)N[C@H](CN5CCN(C(C)C)S5(=O)=O)C(C)C)C(=O)N4C3)cc(-c3csc(NC(C)C)n3)nc2c1. The minimum Gasteiger partial charge on any atom is -0.497 e. The molecule has 10 N–H and O–H groups in total. The number of urea groups is 2. The van der Waals surface area contributed by atoms with Crippen molar-refractivity contribution in [1.82, 2.24) is 78.9 Å². The van der Waals surface area contributed by atoms with Gasteiger partial charge < -0.3 is 81.5 Å². The Morgan fingerprint density at radius 3 is 1.45 bits per heavy atom. The van der Waals surface area contributed by atoms with Crippen molar-refractivity contribution in [3.63, 3.8) is 0 Å². The molecule has 7 fully saturated rings. The third kappa shape index (κ3) is 22.8. The Morgan fingerprint density at radius 2 is 1.01 bits per heavy atom. The van der Waals surface area contributed by atoms with Crippen molar-refractivity contribution in [2.24, 2.45) is 23.7 Å². The van der Waals surface area contributed by atoms with Crippen molar-refractivity contribution in [3.05, 3.63) is 83.6 Å². The number of aliphatic carboxylic acids is 2. The maximum atomic E-state index is 15.1. The first kappa shape index (κ1) is 97.9. The molecule has 12 atom stereocenters. The molecule has 4 saturated heterocycles. The topological polar surface area (TPSA) is 449 Å². The molecule has 36 nitrogen and oxygen atoms in total. The normalized spacial score (nSPS) is 26.8. The highest BCUT2D eigenvalue weighted by Crippen LogP contribution is 2.48. The molecule has 132 heavy (non-hydrogen) atoms. The fourth-order valence-corrected chi connectivity index (χ4v) is 23.9. The van der Waals surface area contributed by atoms with Crippen LogP contribution < -0.4 is 61.5 Å². The Morgan fingerprint density at radius 1 is 0.545 bits per heavy atom. The number of ether oxygens (including phenoxy) is 4. The Labute approximate surface area is 780 Å². The summed E-state index contributed by atoms with van der Waals surface area (Å²) < 4.78 is 83.6.